The lowest BCUT2D eigenvalue weighted by atomic mass is 10.2. The molecule has 0 aliphatic carbocycles. The van der Waals surface area contributed by atoms with Crippen molar-refractivity contribution < 1.29 is 14.2 Å². The molecule has 0 spiro atoms. The summed E-state index contributed by atoms with van der Waals surface area (Å²) in [6, 6.07) is 9.76. The Bertz CT molecular complexity index is 786. The quantitative estimate of drug-likeness (QED) is 0.241. The molecule has 1 aromatic rings. The van der Waals surface area contributed by atoms with Crippen LogP contribution in [0.15, 0.2) is 64.8 Å². The number of hydrogen-bond acceptors (Lipinski definition) is 7. The third-order valence-electron chi connectivity index (χ3n) is 4.35. The highest BCUT2D eigenvalue weighted by atomic mass is 32.2. The normalized spacial score (nSPS) is 14.0. The van der Waals surface area contributed by atoms with Crippen LogP contribution in [0, 0.1) is 12.3 Å². The van der Waals surface area contributed by atoms with Crippen LogP contribution in [0.3, 0.4) is 0 Å². The highest BCUT2D eigenvalue weighted by Crippen LogP contribution is 2.10. The van der Waals surface area contributed by atoms with Gasteiger partial charge in [-0.3, -0.25) is 0 Å². The van der Waals surface area contributed by atoms with Gasteiger partial charge in [0.2, 0.25) is 5.90 Å². The first kappa shape index (κ1) is 28.5. The van der Waals surface area contributed by atoms with Gasteiger partial charge in [0.1, 0.15) is 18.1 Å². The first-order valence-electron chi connectivity index (χ1n) is 11.2. The Balaban J connectivity index is 0.000000389. The summed E-state index contributed by atoms with van der Waals surface area (Å²) in [5.41, 5.74) is 0.731. The van der Waals surface area contributed by atoms with E-state index in [4.69, 9.17) is 20.6 Å². The third kappa shape index (κ3) is 15.0. The number of para-hydroxylation sites is 1. The minimum absolute atomic E-state index is 0.411. The molecule has 33 heavy (non-hydrogen) atoms. The summed E-state index contributed by atoms with van der Waals surface area (Å²) in [5.74, 6) is 5.48. The Kier molecular flexibility index (Phi) is 17.4. The van der Waals surface area contributed by atoms with Crippen molar-refractivity contribution in [1.29, 1.82) is 0 Å². The largest absolute Gasteiger partial charge is 0.493 e. The lowest BCUT2D eigenvalue weighted by Crippen LogP contribution is -2.19. The SMILES string of the molecule is C#C/C=C/C1=NN=C(CSCCOc2ccccc2)OC1.C/C=C\COC(CC)CCNC. The molecule has 7 heteroatoms. The summed E-state index contributed by atoms with van der Waals surface area (Å²) in [6.07, 6.45) is 15.1. The summed E-state index contributed by atoms with van der Waals surface area (Å²) < 4.78 is 16.7. The van der Waals surface area contributed by atoms with E-state index in [1.54, 1.807) is 23.9 Å². The van der Waals surface area contributed by atoms with Crippen molar-refractivity contribution in [3.63, 3.8) is 0 Å². The maximum absolute atomic E-state index is 5.61. The van der Waals surface area contributed by atoms with Gasteiger partial charge in [0.25, 0.3) is 0 Å². The minimum atomic E-state index is 0.411. The molecule has 0 saturated carbocycles. The van der Waals surface area contributed by atoms with Crippen LogP contribution in [0.5, 0.6) is 5.75 Å². The number of allylic oxidation sites excluding steroid dienone is 2. The van der Waals surface area contributed by atoms with Crippen molar-refractivity contribution in [2.75, 3.05) is 44.9 Å². The summed E-state index contributed by atoms with van der Waals surface area (Å²) in [6.45, 7) is 7.03. The van der Waals surface area contributed by atoms with Crippen molar-refractivity contribution in [2.45, 2.75) is 32.8 Å². The maximum atomic E-state index is 5.61. The molecular formula is C26H37N3O3S. The summed E-state index contributed by atoms with van der Waals surface area (Å²) in [5, 5.41) is 11.2. The van der Waals surface area contributed by atoms with Gasteiger partial charge in [-0.1, -0.05) is 43.2 Å². The number of thioether (sulfide) groups is 1. The zero-order valence-electron chi connectivity index (χ0n) is 20.0. The fraction of sp³-hybridized carbons (Fsp3) is 0.462. The zero-order chi connectivity index (χ0) is 24.0. The van der Waals surface area contributed by atoms with Gasteiger partial charge in [-0.2, -0.15) is 0 Å². The van der Waals surface area contributed by atoms with Crippen LogP contribution >= 0.6 is 11.8 Å². The lowest BCUT2D eigenvalue weighted by molar-refractivity contribution is 0.0655. The second-order valence-corrected chi connectivity index (χ2v) is 8.02. The number of nitrogens with zero attached hydrogens (tertiary/aromatic N) is 2. The third-order valence-corrected chi connectivity index (χ3v) is 5.26. The van der Waals surface area contributed by atoms with E-state index in [1.807, 2.05) is 56.5 Å². The van der Waals surface area contributed by atoms with Crippen molar-refractivity contribution in [2.24, 2.45) is 10.2 Å². The molecule has 1 N–H and O–H groups in total. The smallest absolute Gasteiger partial charge is 0.219 e. The standard InChI is InChI=1S/C16H16N2O2S.C10H21NO/c1-2-3-7-14-12-20-16(18-17-14)13-21-11-10-19-15-8-5-4-6-9-15;1-4-6-9-12-10(5-2)7-8-11-3/h1,3-9H,10-13H2;4,6,10-11H,5,7-9H2,1-3H3/b7-3+;6-4-. The molecule has 0 bridgehead atoms. The van der Waals surface area contributed by atoms with E-state index in [0.29, 0.717) is 31.0 Å². The molecule has 2 rings (SSSR count). The van der Waals surface area contributed by atoms with Crippen molar-refractivity contribution in [3.05, 3.63) is 54.6 Å². The van der Waals surface area contributed by atoms with E-state index in [9.17, 15) is 0 Å². The molecule has 0 fully saturated rings. The number of nitrogens with one attached hydrogen (secondary N) is 1. The van der Waals surface area contributed by atoms with Crippen LogP contribution in [0.2, 0.25) is 0 Å². The van der Waals surface area contributed by atoms with Gasteiger partial charge in [0.05, 0.1) is 25.1 Å². The zero-order valence-corrected chi connectivity index (χ0v) is 20.9. The summed E-state index contributed by atoms with van der Waals surface area (Å²) in [4.78, 5) is 0. The molecule has 0 saturated heterocycles. The van der Waals surface area contributed by atoms with Crippen molar-refractivity contribution in [3.8, 4) is 18.1 Å². The van der Waals surface area contributed by atoms with Gasteiger partial charge in [0, 0.05) is 5.75 Å². The molecule has 1 atom stereocenters. The molecule has 0 radical (unpaired) electrons. The molecular weight excluding hydrogens is 434 g/mol. The van der Waals surface area contributed by atoms with E-state index in [-0.39, 0.29) is 0 Å². The van der Waals surface area contributed by atoms with Gasteiger partial charge in [-0.05, 0) is 57.6 Å². The van der Waals surface area contributed by atoms with E-state index in [1.165, 1.54) is 0 Å². The Labute approximate surface area is 203 Å². The van der Waals surface area contributed by atoms with Crippen LogP contribution < -0.4 is 10.1 Å². The summed E-state index contributed by atoms with van der Waals surface area (Å²) in [7, 11) is 1.97. The number of rotatable bonds is 14. The molecule has 180 valence electrons. The molecule has 1 aliphatic heterocycles. The number of ether oxygens (including phenoxy) is 3. The Morgan fingerprint density at radius 1 is 1.30 bits per heavy atom. The number of hydrogen-bond donors (Lipinski definition) is 1. The number of benzene rings is 1. The Morgan fingerprint density at radius 2 is 2.12 bits per heavy atom. The molecule has 1 aliphatic rings. The predicted octanol–water partition coefficient (Wildman–Crippen LogP) is 4.74. The van der Waals surface area contributed by atoms with E-state index in [0.717, 1.165) is 43.2 Å². The molecule has 6 nitrogen and oxygen atoms in total. The highest BCUT2D eigenvalue weighted by molar-refractivity contribution is 7.99. The van der Waals surface area contributed by atoms with Gasteiger partial charge in [-0.15, -0.1) is 28.4 Å². The molecule has 0 aromatic heterocycles. The van der Waals surface area contributed by atoms with Gasteiger partial charge in [-0.25, -0.2) is 0 Å². The van der Waals surface area contributed by atoms with Crippen molar-refractivity contribution in [1.82, 2.24) is 5.32 Å². The fourth-order valence-electron chi connectivity index (χ4n) is 2.52. The van der Waals surface area contributed by atoms with E-state index in [2.05, 4.69) is 28.4 Å². The van der Waals surface area contributed by atoms with Crippen LogP contribution in [-0.4, -0.2) is 62.6 Å². The summed E-state index contributed by atoms with van der Waals surface area (Å²) >= 11 is 1.70. The first-order chi connectivity index (χ1) is 16.2. The fourth-order valence-corrected chi connectivity index (χ4v) is 3.19. The second kappa shape index (κ2) is 20.1. The maximum Gasteiger partial charge on any atom is 0.219 e. The van der Waals surface area contributed by atoms with E-state index < -0.39 is 0 Å². The Hall–Kier alpha value is -2.53. The van der Waals surface area contributed by atoms with Gasteiger partial charge >= 0.3 is 0 Å². The molecule has 1 aromatic carbocycles. The van der Waals surface area contributed by atoms with Crippen LogP contribution in [0.4, 0.5) is 0 Å². The number of terminal acetylenes is 1. The van der Waals surface area contributed by atoms with Crippen LogP contribution in [0.1, 0.15) is 26.7 Å². The Morgan fingerprint density at radius 3 is 2.76 bits per heavy atom. The van der Waals surface area contributed by atoms with Crippen molar-refractivity contribution >= 4 is 23.4 Å². The van der Waals surface area contributed by atoms with Gasteiger partial charge in [0.15, 0.2) is 0 Å². The molecule has 0 amide bonds. The topological polar surface area (TPSA) is 64.4 Å². The monoisotopic (exact) mass is 471 g/mol. The average Bonchev–Trinajstić information content (AvgIpc) is 2.86. The molecule has 1 heterocycles. The molecule has 1 unspecified atom stereocenters. The van der Waals surface area contributed by atoms with E-state index >= 15 is 0 Å². The van der Waals surface area contributed by atoms with Gasteiger partial charge < -0.3 is 19.5 Å². The lowest BCUT2D eigenvalue weighted by Gasteiger charge is -2.14. The first-order valence-corrected chi connectivity index (χ1v) is 12.4. The van der Waals surface area contributed by atoms with Crippen LogP contribution in [0.25, 0.3) is 0 Å². The average molecular weight is 472 g/mol. The minimum Gasteiger partial charge on any atom is -0.493 e. The van der Waals surface area contributed by atoms with Crippen LogP contribution in [-0.2, 0) is 9.47 Å². The second-order valence-electron chi connectivity index (χ2n) is 6.91. The highest BCUT2D eigenvalue weighted by Gasteiger charge is 2.08. The predicted molar refractivity (Wildman–Crippen MR) is 141 cm³/mol.